The lowest BCUT2D eigenvalue weighted by molar-refractivity contribution is 0.389. The van der Waals surface area contributed by atoms with E-state index in [1.165, 1.54) is 12.1 Å². The number of rotatable bonds is 4. The molecule has 0 amide bonds. The zero-order chi connectivity index (χ0) is 30.5. The lowest BCUT2D eigenvalue weighted by Crippen LogP contribution is -2.55. The molecule has 45 heavy (non-hydrogen) atoms. The van der Waals surface area contributed by atoms with Gasteiger partial charge in [-0.15, -0.1) is 0 Å². The summed E-state index contributed by atoms with van der Waals surface area (Å²) in [5, 5.41) is 5.04. The molecule has 3 aliphatic rings. The van der Waals surface area contributed by atoms with Gasteiger partial charge in [-0.05, 0) is 73.2 Å². The standard InChI is InChI=1S/C36H32FN7O/c1-24-32-33(25-12-18-29(45-2)19-13-25)43-31-11-7-6-10-30(31)38-35(36(43)39-34(32)44(40-24)28-8-4-3-5-9-28)42-22-20-41(21-23-42)27-16-14-26(37)15-17-27/h3-19,33H,20-23H2,1-2H3. The van der Waals surface area contributed by atoms with Crippen molar-refractivity contribution in [1.29, 1.82) is 0 Å². The number of ether oxygens (including phenoxy) is 1. The van der Waals surface area contributed by atoms with E-state index in [1.807, 2.05) is 53.2 Å². The van der Waals surface area contributed by atoms with Crippen LogP contribution in [0.1, 0.15) is 22.9 Å². The number of aliphatic imine (C=N–C) groups is 2. The molecule has 8 rings (SSSR count). The van der Waals surface area contributed by atoms with Crippen molar-refractivity contribution in [2.45, 2.75) is 13.0 Å². The van der Waals surface area contributed by atoms with E-state index in [0.717, 1.165) is 89.0 Å². The molecule has 0 radical (unpaired) electrons. The molecule has 1 atom stereocenters. The van der Waals surface area contributed by atoms with Crippen molar-refractivity contribution in [1.82, 2.24) is 14.7 Å². The Labute approximate surface area is 261 Å². The van der Waals surface area contributed by atoms with Crippen molar-refractivity contribution in [3.63, 3.8) is 0 Å². The molecule has 1 saturated heterocycles. The molecule has 224 valence electrons. The first-order chi connectivity index (χ1) is 22.1. The van der Waals surface area contributed by atoms with Crippen LogP contribution in [0.4, 0.5) is 27.3 Å². The number of anilines is 2. The Hall–Kier alpha value is -5.44. The molecule has 0 spiro atoms. The smallest absolute Gasteiger partial charge is 0.179 e. The van der Waals surface area contributed by atoms with Crippen LogP contribution in [0.5, 0.6) is 5.75 Å². The second kappa shape index (κ2) is 10.9. The van der Waals surface area contributed by atoms with E-state index in [1.54, 1.807) is 7.11 Å². The number of aryl methyl sites for hydroxylation is 1. The molecule has 4 aromatic carbocycles. The molecule has 0 bridgehead atoms. The first-order valence-electron chi connectivity index (χ1n) is 15.2. The van der Waals surface area contributed by atoms with Crippen molar-refractivity contribution in [3.05, 3.63) is 126 Å². The average Bonchev–Trinajstić information content (AvgIpc) is 3.43. The van der Waals surface area contributed by atoms with Crippen LogP contribution in [0, 0.1) is 12.7 Å². The predicted molar refractivity (Wildman–Crippen MR) is 176 cm³/mol. The highest BCUT2D eigenvalue weighted by Gasteiger charge is 2.43. The Kier molecular flexibility index (Phi) is 6.59. The number of halogens is 1. The Morgan fingerprint density at radius 2 is 1.40 bits per heavy atom. The van der Waals surface area contributed by atoms with Crippen LogP contribution in [0.25, 0.3) is 5.69 Å². The van der Waals surface area contributed by atoms with Gasteiger partial charge in [0.1, 0.15) is 11.6 Å². The summed E-state index contributed by atoms with van der Waals surface area (Å²) in [7, 11) is 1.69. The van der Waals surface area contributed by atoms with Crippen LogP contribution in [-0.4, -0.2) is 59.6 Å². The molecule has 3 aliphatic heterocycles. The maximum Gasteiger partial charge on any atom is 0.179 e. The summed E-state index contributed by atoms with van der Waals surface area (Å²) in [5.41, 5.74) is 6.98. The average molecular weight is 598 g/mol. The Morgan fingerprint density at radius 3 is 2.13 bits per heavy atom. The Morgan fingerprint density at radius 1 is 0.711 bits per heavy atom. The Balaban J connectivity index is 1.27. The minimum absolute atomic E-state index is 0.192. The van der Waals surface area contributed by atoms with Gasteiger partial charge in [0.15, 0.2) is 17.5 Å². The highest BCUT2D eigenvalue weighted by Crippen LogP contribution is 2.48. The van der Waals surface area contributed by atoms with E-state index in [2.05, 4.69) is 64.1 Å². The summed E-state index contributed by atoms with van der Waals surface area (Å²) >= 11 is 0. The van der Waals surface area contributed by atoms with E-state index in [-0.39, 0.29) is 11.9 Å². The second-order valence-electron chi connectivity index (χ2n) is 11.4. The van der Waals surface area contributed by atoms with Gasteiger partial charge in [-0.2, -0.15) is 5.10 Å². The first-order valence-corrected chi connectivity index (χ1v) is 15.2. The minimum Gasteiger partial charge on any atom is -0.497 e. The fourth-order valence-corrected chi connectivity index (χ4v) is 6.59. The van der Waals surface area contributed by atoms with E-state index >= 15 is 0 Å². The van der Waals surface area contributed by atoms with Crippen LogP contribution in [0.3, 0.4) is 0 Å². The Bertz CT molecular complexity index is 1930. The number of piperazine rings is 1. The maximum absolute atomic E-state index is 13.6. The number of methoxy groups -OCH3 is 1. The molecule has 0 aliphatic carbocycles. The minimum atomic E-state index is -0.223. The highest BCUT2D eigenvalue weighted by molar-refractivity contribution is 6.48. The van der Waals surface area contributed by atoms with Crippen molar-refractivity contribution in [2.75, 3.05) is 43.1 Å². The number of hydrogen-bond acceptors (Lipinski definition) is 7. The number of nitrogens with zero attached hydrogens (tertiary/aromatic N) is 7. The lowest BCUT2D eigenvalue weighted by Gasteiger charge is -2.44. The predicted octanol–water partition coefficient (Wildman–Crippen LogP) is 6.83. The number of amidine groups is 2. The second-order valence-corrected chi connectivity index (χ2v) is 11.4. The van der Waals surface area contributed by atoms with Crippen LogP contribution in [0.2, 0.25) is 0 Å². The van der Waals surface area contributed by atoms with Gasteiger partial charge in [-0.1, -0.05) is 42.5 Å². The summed E-state index contributed by atoms with van der Waals surface area (Å²) in [6, 6.07) is 33.3. The third-order valence-electron chi connectivity index (χ3n) is 8.82. The number of para-hydroxylation sites is 3. The SMILES string of the molecule is COc1ccc(C2c3c(C)nn(-c4ccccc4)c3N=C3C(N4CCN(c5ccc(F)cc5)CC4)=Nc4ccccc4N32)cc1. The molecule has 9 heteroatoms. The van der Waals surface area contributed by atoms with Crippen LogP contribution >= 0.6 is 0 Å². The summed E-state index contributed by atoms with van der Waals surface area (Å²) < 4.78 is 21.1. The molecular weight excluding hydrogens is 565 g/mol. The third kappa shape index (κ3) is 4.63. The maximum atomic E-state index is 13.6. The summed E-state index contributed by atoms with van der Waals surface area (Å²) in [4.78, 5) is 17.6. The molecule has 5 aromatic rings. The molecule has 1 aromatic heterocycles. The number of benzene rings is 4. The van der Waals surface area contributed by atoms with Crippen molar-refractivity contribution < 1.29 is 9.13 Å². The van der Waals surface area contributed by atoms with Crippen LogP contribution in [-0.2, 0) is 0 Å². The topological polar surface area (TPSA) is 61.5 Å². The molecule has 1 fully saturated rings. The molecular formula is C36H32FN7O. The number of aromatic nitrogens is 2. The largest absolute Gasteiger partial charge is 0.497 e. The van der Waals surface area contributed by atoms with Gasteiger partial charge in [0, 0.05) is 37.4 Å². The van der Waals surface area contributed by atoms with Gasteiger partial charge in [0.05, 0.1) is 35.9 Å². The van der Waals surface area contributed by atoms with Crippen LogP contribution in [0.15, 0.2) is 113 Å². The molecule has 8 nitrogen and oxygen atoms in total. The summed E-state index contributed by atoms with van der Waals surface area (Å²) in [5.74, 6) is 3.03. The lowest BCUT2D eigenvalue weighted by atomic mass is 9.93. The van der Waals surface area contributed by atoms with Crippen molar-refractivity contribution >= 4 is 34.6 Å². The van der Waals surface area contributed by atoms with Gasteiger partial charge in [0.25, 0.3) is 0 Å². The third-order valence-corrected chi connectivity index (χ3v) is 8.82. The number of hydrogen-bond donors (Lipinski definition) is 0. The molecule has 0 saturated carbocycles. The van der Waals surface area contributed by atoms with E-state index in [9.17, 15) is 4.39 Å². The van der Waals surface area contributed by atoms with Crippen LogP contribution < -0.4 is 14.5 Å². The zero-order valence-electron chi connectivity index (χ0n) is 25.1. The fraction of sp³-hybridized carbons (Fsp3) is 0.194. The highest BCUT2D eigenvalue weighted by atomic mass is 19.1. The van der Waals surface area contributed by atoms with E-state index < -0.39 is 0 Å². The van der Waals surface area contributed by atoms with E-state index in [0.29, 0.717) is 0 Å². The molecule has 1 unspecified atom stereocenters. The van der Waals surface area contributed by atoms with Gasteiger partial charge < -0.3 is 19.4 Å². The fourth-order valence-electron chi connectivity index (χ4n) is 6.59. The molecule has 4 heterocycles. The normalized spacial score (nSPS) is 17.2. The van der Waals surface area contributed by atoms with Gasteiger partial charge in [-0.3, -0.25) is 0 Å². The van der Waals surface area contributed by atoms with Crippen molar-refractivity contribution in [3.8, 4) is 11.4 Å². The quantitative estimate of drug-likeness (QED) is 0.227. The van der Waals surface area contributed by atoms with Gasteiger partial charge in [-0.25, -0.2) is 19.1 Å². The van der Waals surface area contributed by atoms with Crippen molar-refractivity contribution in [2.24, 2.45) is 9.98 Å². The van der Waals surface area contributed by atoms with Gasteiger partial charge >= 0.3 is 0 Å². The zero-order valence-corrected chi connectivity index (χ0v) is 25.1. The summed E-state index contributed by atoms with van der Waals surface area (Å²) in [6.07, 6.45) is 0. The van der Waals surface area contributed by atoms with E-state index in [4.69, 9.17) is 19.8 Å². The summed E-state index contributed by atoms with van der Waals surface area (Å²) in [6.45, 7) is 5.14. The number of fused-ring (bicyclic) bond motifs is 4. The molecule has 0 N–H and O–H groups in total. The monoisotopic (exact) mass is 597 g/mol. The van der Waals surface area contributed by atoms with Gasteiger partial charge in [0.2, 0.25) is 0 Å². The first kappa shape index (κ1) is 27.1.